The normalized spacial score (nSPS) is 9.76. The average molecular weight is 257 g/mol. The molecule has 0 bridgehead atoms. The molecule has 1 aromatic rings. The molecule has 0 saturated carbocycles. The zero-order valence-electron chi connectivity index (χ0n) is 9.40. The fourth-order valence-electron chi connectivity index (χ4n) is 1.14. The predicted octanol–water partition coefficient (Wildman–Crippen LogP) is 1.42. The smallest absolute Gasteiger partial charge is 0.307 e. The van der Waals surface area contributed by atoms with Gasteiger partial charge in [-0.2, -0.15) is 0 Å². The Bertz CT molecular complexity index is 409. The molecule has 0 aromatic carbocycles. The zero-order valence-corrected chi connectivity index (χ0v) is 10.2. The van der Waals surface area contributed by atoms with Crippen LogP contribution in [0.4, 0.5) is 0 Å². The minimum Gasteiger partial charge on any atom is -0.466 e. The van der Waals surface area contributed by atoms with Crippen LogP contribution < -0.4 is 5.32 Å². The van der Waals surface area contributed by atoms with E-state index < -0.39 is 0 Å². The van der Waals surface area contributed by atoms with Crippen molar-refractivity contribution in [3.05, 3.63) is 29.0 Å². The fraction of sp³-hybridized carbons (Fsp3) is 0.364. The van der Waals surface area contributed by atoms with Gasteiger partial charge in [-0.3, -0.25) is 9.59 Å². The number of carbonyl (C=O) groups is 2. The lowest BCUT2D eigenvalue weighted by molar-refractivity contribution is -0.142. The molecule has 0 aliphatic rings. The Balaban J connectivity index is 2.38. The van der Waals surface area contributed by atoms with Crippen molar-refractivity contribution in [2.45, 2.75) is 13.3 Å². The summed E-state index contributed by atoms with van der Waals surface area (Å²) in [5, 5.41) is 2.81. The second-order valence-electron chi connectivity index (χ2n) is 3.16. The SMILES string of the molecule is CCOC(=O)CCNC(=O)c1cccc(Cl)n1. The number of nitrogens with zero attached hydrogens (tertiary/aromatic N) is 1. The molecular weight excluding hydrogens is 244 g/mol. The van der Waals surface area contributed by atoms with E-state index >= 15 is 0 Å². The predicted molar refractivity (Wildman–Crippen MR) is 62.8 cm³/mol. The average Bonchev–Trinajstić information content (AvgIpc) is 2.29. The van der Waals surface area contributed by atoms with Gasteiger partial charge in [0.05, 0.1) is 13.0 Å². The summed E-state index contributed by atoms with van der Waals surface area (Å²) in [5.74, 6) is -0.705. The van der Waals surface area contributed by atoms with Crippen LogP contribution in [0, 0.1) is 0 Å². The van der Waals surface area contributed by atoms with Crippen LogP contribution >= 0.6 is 11.6 Å². The Morgan fingerprint density at radius 1 is 1.47 bits per heavy atom. The summed E-state index contributed by atoms with van der Waals surface area (Å²) in [6.45, 7) is 2.28. The minimum atomic E-state index is -0.364. The van der Waals surface area contributed by atoms with E-state index in [1.807, 2.05) is 0 Å². The first-order valence-electron chi connectivity index (χ1n) is 5.20. The summed E-state index contributed by atoms with van der Waals surface area (Å²) >= 11 is 5.65. The number of pyridine rings is 1. The van der Waals surface area contributed by atoms with Gasteiger partial charge in [-0.05, 0) is 19.1 Å². The van der Waals surface area contributed by atoms with Gasteiger partial charge in [-0.15, -0.1) is 0 Å². The van der Waals surface area contributed by atoms with Crippen LogP contribution in [-0.4, -0.2) is 30.0 Å². The summed E-state index contributed by atoms with van der Waals surface area (Å²) in [6.07, 6.45) is 0.139. The van der Waals surface area contributed by atoms with Crippen molar-refractivity contribution in [1.82, 2.24) is 10.3 Å². The van der Waals surface area contributed by atoms with Crippen molar-refractivity contribution in [2.24, 2.45) is 0 Å². The fourth-order valence-corrected chi connectivity index (χ4v) is 1.30. The first-order valence-corrected chi connectivity index (χ1v) is 5.57. The highest BCUT2D eigenvalue weighted by atomic mass is 35.5. The molecule has 1 heterocycles. The molecule has 0 radical (unpaired) electrons. The lowest BCUT2D eigenvalue weighted by Crippen LogP contribution is -2.27. The number of aromatic nitrogens is 1. The van der Waals surface area contributed by atoms with E-state index in [0.717, 1.165) is 0 Å². The van der Waals surface area contributed by atoms with Crippen LogP contribution in [0.3, 0.4) is 0 Å². The summed E-state index contributed by atoms with van der Waals surface area (Å²) < 4.78 is 4.72. The molecule has 0 aliphatic carbocycles. The molecule has 0 saturated heterocycles. The molecule has 1 N–H and O–H groups in total. The molecule has 1 aromatic heterocycles. The second kappa shape index (κ2) is 6.85. The molecule has 1 amide bonds. The molecular formula is C11H13ClN2O3. The Labute approximate surface area is 104 Å². The number of nitrogens with one attached hydrogen (secondary N) is 1. The number of esters is 1. The van der Waals surface area contributed by atoms with Crippen molar-refractivity contribution in [3.8, 4) is 0 Å². The number of halogens is 1. The second-order valence-corrected chi connectivity index (χ2v) is 3.54. The van der Waals surface area contributed by atoms with Crippen LogP contribution in [0.25, 0.3) is 0 Å². The maximum Gasteiger partial charge on any atom is 0.307 e. The molecule has 92 valence electrons. The number of carbonyl (C=O) groups excluding carboxylic acids is 2. The standard InChI is InChI=1S/C11H13ClN2O3/c1-2-17-10(15)6-7-13-11(16)8-4-3-5-9(12)14-8/h3-5H,2,6-7H2,1H3,(H,13,16). The molecule has 17 heavy (non-hydrogen) atoms. The van der Waals surface area contributed by atoms with Crippen molar-refractivity contribution in [2.75, 3.05) is 13.2 Å². The highest BCUT2D eigenvalue weighted by Crippen LogP contribution is 2.04. The van der Waals surface area contributed by atoms with Gasteiger partial charge in [0.25, 0.3) is 5.91 Å². The third kappa shape index (κ3) is 4.82. The van der Waals surface area contributed by atoms with Gasteiger partial charge in [-0.1, -0.05) is 17.7 Å². The number of amides is 1. The summed E-state index contributed by atoms with van der Waals surface area (Å²) in [7, 11) is 0. The first kappa shape index (κ1) is 13.4. The van der Waals surface area contributed by atoms with Crippen LogP contribution in [0.2, 0.25) is 5.15 Å². The van der Waals surface area contributed by atoms with Gasteiger partial charge in [0.15, 0.2) is 0 Å². The van der Waals surface area contributed by atoms with E-state index in [2.05, 4.69) is 10.3 Å². The zero-order chi connectivity index (χ0) is 12.7. The van der Waals surface area contributed by atoms with Crippen LogP contribution in [-0.2, 0) is 9.53 Å². The minimum absolute atomic E-state index is 0.139. The molecule has 0 atom stereocenters. The van der Waals surface area contributed by atoms with Gasteiger partial charge in [-0.25, -0.2) is 4.98 Å². The lowest BCUT2D eigenvalue weighted by atomic mass is 10.3. The Morgan fingerprint density at radius 3 is 2.88 bits per heavy atom. The highest BCUT2D eigenvalue weighted by Gasteiger charge is 2.08. The monoisotopic (exact) mass is 256 g/mol. The largest absolute Gasteiger partial charge is 0.466 e. The maximum atomic E-state index is 11.6. The Kier molecular flexibility index (Phi) is 5.42. The van der Waals surface area contributed by atoms with E-state index in [9.17, 15) is 9.59 Å². The number of hydrogen-bond acceptors (Lipinski definition) is 4. The highest BCUT2D eigenvalue weighted by molar-refractivity contribution is 6.29. The number of rotatable bonds is 5. The molecule has 0 spiro atoms. The van der Waals surface area contributed by atoms with Crippen LogP contribution in [0.1, 0.15) is 23.8 Å². The molecule has 5 nitrogen and oxygen atoms in total. The van der Waals surface area contributed by atoms with E-state index in [0.29, 0.717) is 6.61 Å². The van der Waals surface area contributed by atoms with Crippen molar-refractivity contribution < 1.29 is 14.3 Å². The van der Waals surface area contributed by atoms with E-state index in [1.54, 1.807) is 25.1 Å². The van der Waals surface area contributed by atoms with Gasteiger partial charge >= 0.3 is 5.97 Å². The summed E-state index contributed by atoms with van der Waals surface area (Å²) in [4.78, 5) is 26.4. The maximum absolute atomic E-state index is 11.6. The van der Waals surface area contributed by atoms with E-state index in [-0.39, 0.29) is 35.7 Å². The quantitative estimate of drug-likeness (QED) is 0.639. The molecule has 0 aliphatic heterocycles. The first-order chi connectivity index (χ1) is 8.13. The van der Waals surface area contributed by atoms with E-state index in [4.69, 9.17) is 16.3 Å². The Hall–Kier alpha value is -1.62. The number of hydrogen-bond donors (Lipinski definition) is 1. The van der Waals surface area contributed by atoms with Crippen molar-refractivity contribution >= 4 is 23.5 Å². The third-order valence-corrected chi connectivity index (χ3v) is 2.08. The molecule has 1 rings (SSSR count). The van der Waals surface area contributed by atoms with Crippen molar-refractivity contribution in [3.63, 3.8) is 0 Å². The third-order valence-electron chi connectivity index (χ3n) is 1.87. The van der Waals surface area contributed by atoms with Gasteiger partial charge < -0.3 is 10.1 Å². The van der Waals surface area contributed by atoms with E-state index in [1.165, 1.54) is 0 Å². The van der Waals surface area contributed by atoms with Gasteiger partial charge in [0, 0.05) is 6.54 Å². The topological polar surface area (TPSA) is 68.3 Å². The number of ether oxygens (including phenoxy) is 1. The summed E-state index contributed by atoms with van der Waals surface area (Å²) in [6, 6.07) is 4.76. The van der Waals surface area contributed by atoms with Crippen molar-refractivity contribution in [1.29, 1.82) is 0 Å². The summed E-state index contributed by atoms with van der Waals surface area (Å²) in [5.41, 5.74) is 0.223. The van der Waals surface area contributed by atoms with Gasteiger partial charge in [0.1, 0.15) is 10.8 Å². The van der Waals surface area contributed by atoms with Crippen LogP contribution in [0.15, 0.2) is 18.2 Å². The Morgan fingerprint density at radius 2 is 2.24 bits per heavy atom. The van der Waals surface area contributed by atoms with Gasteiger partial charge in [0.2, 0.25) is 0 Å². The van der Waals surface area contributed by atoms with Crippen LogP contribution in [0.5, 0.6) is 0 Å². The molecule has 0 fully saturated rings. The molecule has 0 unspecified atom stereocenters. The molecule has 6 heteroatoms. The lowest BCUT2D eigenvalue weighted by Gasteiger charge is -2.04.